The second-order valence-corrected chi connectivity index (χ2v) is 5.73. The lowest BCUT2D eigenvalue weighted by atomic mass is 10.0. The summed E-state index contributed by atoms with van der Waals surface area (Å²) in [5, 5.41) is 0. The van der Waals surface area contributed by atoms with Gasteiger partial charge in [0.05, 0.1) is 12.2 Å². The molecule has 0 aromatic heterocycles. The van der Waals surface area contributed by atoms with Crippen LogP contribution in [0.5, 0.6) is 5.75 Å². The normalized spacial score (nSPS) is 18.8. The molecule has 2 unspecified atom stereocenters. The van der Waals surface area contributed by atoms with Crippen LogP contribution in [0.15, 0.2) is 48.5 Å². The molecule has 2 aromatic rings. The Morgan fingerprint density at radius 3 is 2.71 bits per heavy atom. The zero-order valence-corrected chi connectivity index (χ0v) is 12.6. The molecule has 3 rings (SSSR count). The van der Waals surface area contributed by atoms with E-state index in [-0.39, 0.29) is 6.10 Å². The number of nitrogens with zero attached hydrogens (tertiary/aromatic N) is 1. The highest BCUT2D eigenvalue weighted by atomic mass is 16.5. The summed E-state index contributed by atoms with van der Waals surface area (Å²) in [7, 11) is 0. The second kappa shape index (κ2) is 5.78. The van der Waals surface area contributed by atoms with E-state index in [1.54, 1.807) is 0 Å². The molecule has 110 valence electrons. The molecule has 2 atom stereocenters. The molecule has 2 N–H and O–H groups in total. The molecule has 0 saturated heterocycles. The van der Waals surface area contributed by atoms with Crippen molar-refractivity contribution in [1.82, 2.24) is 0 Å². The first kappa shape index (κ1) is 14.0. The average molecular weight is 282 g/mol. The van der Waals surface area contributed by atoms with Crippen molar-refractivity contribution in [3.8, 4) is 5.75 Å². The standard InChI is InChI=1S/C18H22N2O/c1-13-8-9-16-17(10-13)21-18(12-20(16)14(2)11-19)15-6-4-3-5-7-15/h3-10,14,18H,11-12,19H2,1-2H3. The van der Waals surface area contributed by atoms with Crippen LogP contribution in [0.2, 0.25) is 0 Å². The quantitative estimate of drug-likeness (QED) is 0.939. The van der Waals surface area contributed by atoms with Crippen molar-refractivity contribution in [2.75, 3.05) is 18.0 Å². The molecular weight excluding hydrogens is 260 g/mol. The van der Waals surface area contributed by atoms with E-state index >= 15 is 0 Å². The highest BCUT2D eigenvalue weighted by Gasteiger charge is 2.29. The highest BCUT2D eigenvalue weighted by Crippen LogP contribution is 2.39. The summed E-state index contributed by atoms with van der Waals surface area (Å²) in [6.45, 7) is 5.72. The molecule has 0 fully saturated rings. The Kier molecular flexibility index (Phi) is 3.84. The van der Waals surface area contributed by atoms with Crippen molar-refractivity contribution in [2.24, 2.45) is 5.73 Å². The summed E-state index contributed by atoms with van der Waals surface area (Å²) < 4.78 is 6.24. The molecule has 0 aliphatic carbocycles. The molecule has 1 aliphatic heterocycles. The zero-order valence-electron chi connectivity index (χ0n) is 12.6. The van der Waals surface area contributed by atoms with Crippen LogP contribution >= 0.6 is 0 Å². The molecule has 3 nitrogen and oxygen atoms in total. The zero-order chi connectivity index (χ0) is 14.8. The van der Waals surface area contributed by atoms with Gasteiger partial charge in [-0.05, 0) is 37.1 Å². The summed E-state index contributed by atoms with van der Waals surface area (Å²) in [5.41, 5.74) is 9.45. The third-order valence-electron chi connectivity index (χ3n) is 4.10. The van der Waals surface area contributed by atoms with Crippen LogP contribution in [-0.4, -0.2) is 19.1 Å². The summed E-state index contributed by atoms with van der Waals surface area (Å²) in [4.78, 5) is 2.36. The van der Waals surface area contributed by atoms with E-state index in [1.165, 1.54) is 11.1 Å². The lowest BCUT2D eigenvalue weighted by molar-refractivity contribution is 0.193. The van der Waals surface area contributed by atoms with Gasteiger partial charge < -0.3 is 15.4 Å². The monoisotopic (exact) mass is 282 g/mol. The summed E-state index contributed by atoms with van der Waals surface area (Å²) in [6.07, 6.45) is 0.0505. The number of aryl methyl sites for hydroxylation is 1. The maximum atomic E-state index is 6.24. The van der Waals surface area contributed by atoms with Gasteiger partial charge in [0.15, 0.2) is 0 Å². The fourth-order valence-corrected chi connectivity index (χ4v) is 2.81. The van der Waals surface area contributed by atoms with E-state index in [4.69, 9.17) is 10.5 Å². The molecule has 1 aliphatic rings. The maximum absolute atomic E-state index is 6.24. The van der Waals surface area contributed by atoms with Gasteiger partial charge in [0.1, 0.15) is 11.9 Å². The average Bonchev–Trinajstić information content (AvgIpc) is 2.53. The number of ether oxygens (including phenoxy) is 1. The van der Waals surface area contributed by atoms with Crippen LogP contribution in [0, 0.1) is 6.92 Å². The number of hydrogen-bond donors (Lipinski definition) is 1. The van der Waals surface area contributed by atoms with Gasteiger partial charge in [0.2, 0.25) is 0 Å². The molecule has 0 amide bonds. The summed E-state index contributed by atoms with van der Waals surface area (Å²) in [5.74, 6) is 0.954. The van der Waals surface area contributed by atoms with Crippen molar-refractivity contribution in [2.45, 2.75) is 26.0 Å². The molecule has 0 bridgehead atoms. The second-order valence-electron chi connectivity index (χ2n) is 5.73. The number of rotatable bonds is 3. The van der Waals surface area contributed by atoms with Crippen molar-refractivity contribution in [3.05, 3.63) is 59.7 Å². The lowest BCUT2D eigenvalue weighted by Gasteiger charge is -2.40. The van der Waals surface area contributed by atoms with Crippen LogP contribution in [-0.2, 0) is 0 Å². The third kappa shape index (κ3) is 2.74. The number of anilines is 1. The van der Waals surface area contributed by atoms with Crippen LogP contribution in [0.4, 0.5) is 5.69 Å². The minimum absolute atomic E-state index is 0.0505. The number of nitrogens with two attached hydrogens (primary N) is 1. The van der Waals surface area contributed by atoms with Crippen molar-refractivity contribution in [3.63, 3.8) is 0 Å². The Balaban J connectivity index is 1.99. The molecule has 2 aromatic carbocycles. The SMILES string of the molecule is Cc1ccc2c(c1)OC(c1ccccc1)CN2C(C)CN. The Morgan fingerprint density at radius 2 is 2.00 bits per heavy atom. The topological polar surface area (TPSA) is 38.5 Å². The third-order valence-corrected chi connectivity index (χ3v) is 4.10. The minimum Gasteiger partial charge on any atom is -0.482 e. The van der Waals surface area contributed by atoms with E-state index in [1.807, 2.05) is 6.07 Å². The van der Waals surface area contributed by atoms with Crippen LogP contribution in [0.1, 0.15) is 24.2 Å². The highest BCUT2D eigenvalue weighted by molar-refractivity contribution is 5.62. The van der Waals surface area contributed by atoms with E-state index in [0.717, 1.165) is 18.0 Å². The minimum atomic E-state index is 0.0505. The first-order chi connectivity index (χ1) is 10.2. The van der Waals surface area contributed by atoms with Gasteiger partial charge in [-0.3, -0.25) is 0 Å². The Hall–Kier alpha value is -2.00. The van der Waals surface area contributed by atoms with Gasteiger partial charge >= 0.3 is 0 Å². The Labute approximate surface area is 126 Å². The van der Waals surface area contributed by atoms with Crippen molar-refractivity contribution in [1.29, 1.82) is 0 Å². The van der Waals surface area contributed by atoms with Crippen LogP contribution in [0.3, 0.4) is 0 Å². The van der Waals surface area contributed by atoms with E-state index < -0.39 is 0 Å². The maximum Gasteiger partial charge on any atom is 0.143 e. The van der Waals surface area contributed by atoms with Gasteiger partial charge in [-0.1, -0.05) is 36.4 Å². The molecule has 3 heteroatoms. The number of benzene rings is 2. The number of fused-ring (bicyclic) bond motifs is 1. The molecule has 1 heterocycles. The Morgan fingerprint density at radius 1 is 1.24 bits per heavy atom. The molecule has 0 radical (unpaired) electrons. The van der Waals surface area contributed by atoms with Crippen LogP contribution in [0.25, 0.3) is 0 Å². The molecule has 0 spiro atoms. The predicted molar refractivity (Wildman–Crippen MR) is 86.9 cm³/mol. The smallest absolute Gasteiger partial charge is 0.143 e. The van der Waals surface area contributed by atoms with Crippen molar-refractivity contribution >= 4 is 5.69 Å². The van der Waals surface area contributed by atoms with E-state index in [9.17, 15) is 0 Å². The Bertz CT molecular complexity index is 612. The first-order valence-electron chi connectivity index (χ1n) is 7.48. The fourth-order valence-electron chi connectivity index (χ4n) is 2.81. The van der Waals surface area contributed by atoms with E-state index in [2.05, 4.69) is 61.2 Å². The van der Waals surface area contributed by atoms with E-state index in [0.29, 0.717) is 12.6 Å². The summed E-state index contributed by atoms with van der Waals surface area (Å²) in [6, 6.07) is 17.1. The van der Waals surface area contributed by atoms with Crippen LogP contribution < -0.4 is 15.4 Å². The van der Waals surface area contributed by atoms with Gasteiger partial charge in [-0.2, -0.15) is 0 Å². The predicted octanol–water partition coefficient (Wildman–Crippen LogP) is 3.28. The first-order valence-corrected chi connectivity index (χ1v) is 7.48. The lowest BCUT2D eigenvalue weighted by Crippen LogP contribution is -2.44. The van der Waals surface area contributed by atoms with Gasteiger partial charge in [0.25, 0.3) is 0 Å². The molecular formula is C18H22N2O. The number of hydrogen-bond acceptors (Lipinski definition) is 3. The van der Waals surface area contributed by atoms with Crippen molar-refractivity contribution < 1.29 is 4.74 Å². The van der Waals surface area contributed by atoms with Gasteiger partial charge in [-0.15, -0.1) is 0 Å². The fraction of sp³-hybridized carbons (Fsp3) is 0.333. The molecule has 0 saturated carbocycles. The largest absolute Gasteiger partial charge is 0.482 e. The molecule has 21 heavy (non-hydrogen) atoms. The van der Waals surface area contributed by atoms with Gasteiger partial charge in [0, 0.05) is 12.6 Å². The summed E-state index contributed by atoms with van der Waals surface area (Å²) >= 11 is 0. The van der Waals surface area contributed by atoms with Gasteiger partial charge in [-0.25, -0.2) is 0 Å².